The van der Waals surface area contributed by atoms with Gasteiger partial charge in [-0.25, -0.2) is 0 Å². The largest absolute Gasteiger partial charge is 0.407 e. The Morgan fingerprint density at radius 3 is 2.81 bits per heavy atom. The molecule has 0 radical (unpaired) electrons. The maximum atomic E-state index is 11.7. The summed E-state index contributed by atoms with van der Waals surface area (Å²) in [6.45, 7) is 4.49. The van der Waals surface area contributed by atoms with Crippen molar-refractivity contribution >= 4 is 11.9 Å². The molecule has 7 nitrogen and oxygen atoms in total. The van der Waals surface area contributed by atoms with Gasteiger partial charge in [0.15, 0.2) is 0 Å². The molecule has 16 heavy (non-hydrogen) atoms. The molecular weight excluding hydrogens is 210 g/mol. The minimum atomic E-state index is -0.406. The molecule has 0 aliphatic rings. The molecule has 0 bridgehead atoms. The number of nitrogens with one attached hydrogen (secondary N) is 1. The van der Waals surface area contributed by atoms with Gasteiger partial charge in [-0.2, -0.15) is 0 Å². The molecule has 1 atom stereocenters. The van der Waals surface area contributed by atoms with Gasteiger partial charge in [-0.3, -0.25) is 4.79 Å². The average molecular weight is 227 g/mol. The predicted molar refractivity (Wildman–Crippen MR) is 58.6 cm³/mol. The van der Waals surface area contributed by atoms with Gasteiger partial charge < -0.3 is 20.4 Å². The molecule has 1 amide bonds. The smallest absolute Gasteiger partial charge is 0.316 e. The zero-order valence-corrected chi connectivity index (χ0v) is 9.73. The number of anilines is 1. The van der Waals surface area contributed by atoms with E-state index in [1.807, 2.05) is 6.92 Å². The van der Waals surface area contributed by atoms with Crippen molar-refractivity contribution in [1.82, 2.24) is 15.1 Å². The average Bonchev–Trinajstić information content (AvgIpc) is 2.74. The molecule has 3 N–H and O–H groups in total. The molecule has 1 aromatic heterocycles. The number of carbonyl (C=O) groups excluding carboxylic acids is 1. The van der Waals surface area contributed by atoms with E-state index in [-0.39, 0.29) is 18.5 Å². The van der Waals surface area contributed by atoms with Crippen LogP contribution >= 0.6 is 0 Å². The summed E-state index contributed by atoms with van der Waals surface area (Å²) in [7, 11) is 1.74. The van der Waals surface area contributed by atoms with E-state index in [2.05, 4.69) is 15.5 Å². The SMILES string of the molecule is CCN(C)C(=O)C(C)Nc1nnc(CN)o1. The third kappa shape index (κ3) is 2.93. The Morgan fingerprint density at radius 2 is 2.31 bits per heavy atom. The number of rotatable bonds is 5. The standard InChI is InChI=1S/C9H17N5O2/c1-4-14(3)8(15)6(2)11-9-13-12-7(5-10)16-9/h6H,4-5,10H2,1-3H3,(H,11,13). The number of carbonyl (C=O) groups is 1. The lowest BCUT2D eigenvalue weighted by molar-refractivity contribution is -0.130. The topological polar surface area (TPSA) is 97.3 Å². The van der Waals surface area contributed by atoms with Gasteiger partial charge in [0.05, 0.1) is 6.54 Å². The first-order chi connectivity index (χ1) is 7.58. The van der Waals surface area contributed by atoms with Gasteiger partial charge in [-0.05, 0) is 13.8 Å². The van der Waals surface area contributed by atoms with Gasteiger partial charge in [0.25, 0.3) is 0 Å². The van der Waals surface area contributed by atoms with E-state index < -0.39 is 6.04 Å². The summed E-state index contributed by atoms with van der Waals surface area (Å²) in [6.07, 6.45) is 0. The van der Waals surface area contributed by atoms with Crippen LogP contribution in [0.4, 0.5) is 6.01 Å². The van der Waals surface area contributed by atoms with Crippen LogP contribution in [0.25, 0.3) is 0 Å². The highest BCUT2D eigenvalue weighted by atomic mass is 16.4. The molecule has 1 aromatic rings. The van der Waals surface area contributed by atoms with E-state index in [1.54, 1.807) is 18.9 Å². The second kappa shape index (κ2) is 5.45. The summed E-state index contributed by atoms with van der Waals surface area (Å²) in [5.74, 6) is 0.306. The molecule has 0 aromatic carbocycles. The Labute approximate surface area is 94.0 Å². The van der Waals surface area contributed by atoms with Crippen LogP contribution in [0.1, 0.15) is 19.7 Å². The molecule has 0 aliphatic heterocycles. The van der Waals surface area contributed by atoms with E-state index in [4.69, 9.17) is 10.2 Å². The van der Waals surface area contributed by atoms with Crippen molar-refractivity contribution < 1.29 is 9.21 Å². The first-order valence-corrected chi connectivity index (χ1v) is 5.12. The summed E-state index contributed by atoms with van der Waals surface area (Å²) in [5.41, 5.74) is 5.32. The second-order valence-electron chi connectivity index (χ2n) is 3.42. The van der Waals surface area contributed by atoms with Gasteiger partial charge in [0, 0.05) is 13.6 Å². The van der Waals surface area contributed by atoms with Crippen molar-refractivity contribution in [3.05, 3.63) is 5.89 Å². The molecule has 90 valence electrons. The predicted octanol–water partition coefficient (Wildman–Crippen LogP) is -0.193. The number of likely N-dealkylation sites (N-methyl/N-ethyl adjacent to an activating group) is 1. The molecule has 0 spiro atoms. The maximum absolute atomic E-state index is 11.7. The summed E-state index contributed by atoms with van der Waals surface area (Å²) >= 11 is 0. The zero-order chi connectivity index (χ0) is 12.1. The van der Waals surface area contributed by atoms with Crippen LogP contribution in [0.15, 0.2) is 4.42 Å². The lowest BCUT2D eigenvalue weighted by atomic mass is 10.3. The van der Waals surface area contributed by atoms with Crippen LogP contribution in [0, 0.1) is 0 Å². The molecule has 7 heteroatoms. The molecule has 1 heterocycles. The second-order valence-corrected chi connectivity index (χ2v) is 3.42. The van der Waals surface area contributed by atoms with Crippen LogP contribution in [0.3, 0.4) is 0 Å². The van der Waals surface area contributed by atoms with Crippen molar-refractivity contribution in [3.8, 4) is 0 Å². The van der Waals surface area contributed by atoms with E-state index in [0.29, 0.717) is 12.4 Å². The number of aromatic nitrogens is 2. The number of nitrogens with two attached hydrogens (primary N) is 1. The highest BCUT2D eigenvalue weighted by molar-refractivity contribution is 5.83. The summed E-state index contributed by atoms with van der Waals surface area (Å²) in [5, 5.41) is 10.2. The first kappa shape index (κ1) is 12.4. The summed E-state index contributed by atoms with van der Waals surface area (Å²) < 4.78 is 5.14. The molecule has 0 saturated heterocycles. The molecule has 1 unspecified atom stereocenters. The monoisotopic (exact) mass is 227 g/mol. The van der Waals surface area contributed by atoms with Crippen LogP contribution in [-0.4, -0.2) is 40.6 Å². The fourth-order valence-corrected chi connectivity index (χ4v) is 1.13. The Kier molecular flexibility index (Phi) is 4.24. The Hall–Kier alpha value is -1.63. The third-order valence-electron chi connectivity index (χ3n) is 2.20. The van der Waals surface area contributed by atoms with Crippen LogP contribution in [0.5, 0.6) is 0 Å². The van der Waals surface area contributed by atoms with E-state index in [1.165, 1.54) is 0 Å². The Balaban J connectivity index is 2.56. The maximum Gasteiger partial charge on any atom is 0.316 e. The first-order valence-electron chi connectivity index (χ1n) is 5.12. The van der Waals surface area contributed by atoms with Crippen molar-refractivity contribution in [2.45, 2.75) is 26.4 Å². The Bertz CT molecular complexity index is 351. The van der Waals surface area contributed by atoms with E-state index in [9.17, 15) is 4.79 Å². The summed E-state index contributed by atoms with van der Waals surface area (Å²) in [4.78, 5) is 13.3. The lowest BCUT2D eigenvalue weighted by Gasteiger charge is -2.19. The van der Waals surface area contributed by atoms with Gasteiger partial charge in [-0.1, -0.05) is 5.10 Å². The fraction of sp³-hybridized carbons (Fsp3) is 0.667. The number of amides is 1. The highest BCUT2D eigenvalue weighted by Crippen LogP contribution is 2.07. The van der Waals surface area contributed by atoms with Crippen LogP contribution < -0.4 is 11.1 Å². The summed E-state index contributed by atoms with van der Waals surface area (Å²) in [6, 6.07) is -0.193. The van der Waals surface area contributed by atoms with Crippen molar-refractivity contribution in [2.75, 3.05) is 18.9 Å². The third-order valence-corrected chi connectivity index (χ3v) is 2.20. The normalized spacial score (nSPS) is 12.2. The molecule has 0 aliphatic carbocycles. The number of hydrogen-bond donors (Lipinski definition) is 2. The van der Waals surface area contributed by atoms with Crippen LogP contribution in [-0.2, 0) is 11.3 Å². The lowest BCUT2D eigenvalue weighted by Crippen LogP contribution is -2.38. The van der Waals surface area contributed by atoms with Crippen LogP contribution in [0.2, 0.25) is 0 Å². The molecular formula is C9H17N5O2. The van der Waals surface area contributed by atoms with Gasteiger partial charge >= 0.3 is 6.01 Å². The Morgan fingerprint density at radius 1 is 1.62 bits per heavy atom. The van der Waals surface area contributed by atoms with Crippen molar-refractivity contribution in [1.29, 1.82) is 0 Å². The van der Waals surface area contributed by atoms with Gasteiger partial charge in [-0.15, -0.1) is 5.10 Å². The minimum Gasteiger partial charge on any atom is -0.407 e. The molecule has 0 saturated carbocycles. The highest BCUT2D eigenvalue weighted by Gasteiger charge is 2.18. The van der Waals surface area contributed by atoms with Gasteiger partial charge in [0.2, 0.25) is 11.8 Å². The minimum absolute atomic E-state index is 0.0324. The van der Waals surface area contributed by atoms with Gasteiger partial charge in [0.1, 0.15) is 6.04 Å². The zero-order valence-electron chi connectivity index (χ0n) is 9.73. The van der Waals surface area contributed by atoms with E-state index in [0.717, 1.165) is 0 Å². The molecule has 0 fully saturated rings. The number of nitrogens with zero attached hydrogens (tertiary/aromatic N) is 3. The number of hydrogen-bond acceptors (Lipinski definition) is 6. The quantitative estimate of drug-likeness (QED) is 0.723. The molecule has 1 rings (SSSR count). The van der Waals surface area contributed by atoms with E-state index >= 15 is 0 Å². The van der Waals surface area contributed by atoms with Crippen molar-refractivity contribution in [3.63, 3.8) is 0 Å². The van der Waals surface area contributed by atoms with Crippen molar-refractivity contribution in [2.24, 2.45) is 5.73 Å². The fourth-order valence-electron chi connectivity index (χ4n) is 1.13.